The molecule has 0 amide bonds. The molecule has 0 aliphatic rings. The van der Waals surface area contributed by atoms with Crippen LogP contribution in [0.25, 0.3) is 0 Å². The minimum absolute atomic E-state index is 0.0799. The van der Waals surface area contributed by atoms with Gasteiger partial charge in [0, 0.05) is 0 Å². The number of carboxylic acid groups (broad SMARTS) is 1. The van der Waals surface area contributed by atoms with Crippen molar-refractivity contribution in [2.75, 3.05) is 0 Å². The SMILES string of the molecule is CC/C(=C(/C(=O)O)P(=O)(O)O)C(CC)CC. The van der Waals surface area contributed by atoms with Gasteiger partial charge in [-0.15, -0.1) is 0 Å². The van der Waals surface area contributed by atoms with Crippen LogP contribution in [-0.2, 0) is 9.36 Å². The lowest BCUT2D eigenvalue weighted by Crippen LogP contribution is -2.11. The van der Waals surface area contributed by atoms with Crippen LogP contribution in [0.15, 0.2) is 10.9 Å². The Balaban J connectivity index is 5.69. The van der Waals surface area contributed by atoms with E-state index in [0.29, 0.717) is 24.8 Å². The molecule has 0 unspecified atom stereocenters. The molecule has 0 aromatic carbocycles. The molecule has 0 rings (SSSR count). The van der Waals surface area contributed by atoms with Gasteiger partial charge in [-0.25, -0.2) is 4.79 Å². The number of hydrogen-bond donors (Lipinski definition) is 3. The van der Waals surface area contributed by atoms with Crippen LogP contribution < -0.4 is 0 Å². The highest BCUT2D eigenvalue weighted by atomic mass is 31.2. The summed E-state index contributed by atoms with van der Waals surface area (Å²) in [4.78, 5) is 29.1. The van der Waals surface area contributed by atoms with E-state index in [1.807, 2.05) is 13.8 Å². The first-order valence-electron chi connectivity index (χ1n) is 5.31. The Labute approximate surface area is 95.3 Å². The van der Waals surface area contributed by atoms with Gasteiger partial charge < -0.3 is 14.9 Å². The van der Waals surface area contributed by atoms with Crippen LogP contribution in [-0.4, -0.2) is 20.9 Å². The number of allylic oxidation sites excluding steroid dienone is 1. The Bertz CT molecular complexity index is 324. The van der Waals surface area contributed by atoms with Gasteiger partial charge in [0.15, 0.2) is 0 Å². The lowest BCUT2D eigenvalue weighted by Gasteiger charge is -2.19. The van der Waals surface area contributed by atoms with Gasteiger partial charge in [-0.3, -0.25) is 4.57 Å². The molecule has 0 spiro atoms. The van der Waals surface area contributed by atoms with Crippen molar-refractivity contribution in [3.05, 3.63) is 10.9 Å². The number of rotatable bonds is 6. The van der Waals surface area contributed by atoms with Crippen molar-refractivity contribution in [2.24, 2.45) is 5.92 Å². The molecule has 6 heteroatoms. The molecule has 0 aliphatic carbocycles. The minimum atomic E-state index is -4.70. The summed E-state index contributed by atoms with van der Waals surface area (Å²) in [6.07, 6.45) is 1.70. The zero-order chi connectivity index (χ0) is 12.9. The third-order valence-corrected chi connectivity index (χ3v) is 3.72. The van der Waals surface area contributed by atoms with Gasteiger partial charge >= 0.3 is 13.6 Å². The fourth-order valence-corrected chi connectivity index (χ4v) is 2.84. The molecule has 3 N–H and O–H groups in total. The quantitative estimate of drug-likeness (QED) is 0.496. The third kappa shape index (κ3) is 3.74. The van der Waals surface area contributed by atoms with Crippen molar-refractivity contribution in [1.29, 1.82) is 0 Å². The largest absolute Gasteiger partial charge is 0.477 e. The number of carbonyl (C=O) groups is 1. The number of aliphatic carboxylic acids is 1. The Morgan fingerprint density at radius 2 is 1.62 bits per heavy atom. The summed E-state index contributed by atoms with van der Waals surface area (Å²) in [7, 11) is -4.70. The van der Waals surface area contributed by atoms with Gasteiger partial charge in [-0.1, -0.05) is 20.8 Å². The van der Waals surface area contributed by atoms with Gasteiger partial charge in [0.1, 0.15) is 5.31 Å². The highest BCUT2D eigenvalue weighted by Gasteiger charge is 2.32. The van der Waals surface area contributed by atoms with Crippen molar-refractivity contribution < 1.29 is 24.3 Å². The predicted octanol–water partition coefficient (Wildman–Crippen LogP) is 2.35. The smallest absolute Gasteiger partial charge is 0.363 e. The summed E-state index contributed by atoms with van der Waals surface area (Å²) in [5, 5.41) is 8.18. The lowest BCUT2D eigenvalue weighted by molar-refractivity contribution is -0.132. The van der Waals surface area contributed by atoms with Gasteiger partial charge in [0.05, 0.1) is 0 Å². The zero-order valence-electron chi connectivity index (χ0n) is 9.80. The standard InChI is InChI=1S/C10H19O5P/c1-4-7(5-2)8(6-3)9(10(11)12)16(13,14)15/h7H,4-6H2,1-3H3,(H,11,12)(H2,13,14,15)/b9-8+. The third-order valence-electron chi connectivity index (χ3n) is 2.66. The Hall–Kier alpha value is -0.640. The maximum Gasteiger partial charge on any atom is 0.363 e. The monoisotopic (exact) mass is 250 g/mol. The summed E-state index contributed by atoms with van der Waals surface area (Å²) in [6, 6.07) is 0. The molecule has 0 aromatic heterocycles. The average Bonchev–Trinajstić information content (AvgIpc) is 2.15. The summed E-state index contributed by atoms with van der Waals surface area (Å²) < 4.78 is 11.2. The van der Waals surface area contributed by atoms with Crippen LogP contribution in [0.3, 0.4) is 0 Å². The molecule has 0 bridgehead atoms. The minimum Gasteiger partial charge on any atom is -0.477 e. The molecule has 0 saturated heterocycles. The first-order valence-corrected chi connectivity index (χ1v) is 6.93. The fraction of sp³-hybridized carbons (Fsp3) is 0.700. The summed E-state index contributed by atoms with van der Waals surface area (Å²) in [6.45, 7) is 5.47. The van der Waals surface area contributed by atoms with Crippen molar-refractivity contribution in [3.8, 4) is 0 Å². The van der Waals surface area contributed by atoms with Crippen molar-refractivity contribution in [1.82, 2.24) is 0 Å². The maximum atomic E-state index is 11.2. The van der Waals surface area contributed by atoms with Crippen molar-refractivity contribution in [3.63, 3.8) is 0 Å². The second-order valence-corrected chi connectivity index (χ2v) is 5.13. The van der Waals surface area contributed by atoms with E-state index in [1.165, 1.54) is 0 Å². The highest BCUT2D eigenvalue weighted by Crippen LogP contribution is 2.49. The highest BCUT2D eigenvalue weighted by molar-refractivity contribution is 7.58. The van der Waals surface area contributed by atoms with Gasteiger partial charge in [-0.05, 0) is 30.8 Å². The van der Waals surface area contributed by atoms with E-state index < -0.39 is 18.9 Å². The van der Waals surface area contributed by atoms with E-state index in [0.717, 1.165) is 0 Å². The lowest BCUT2D eigenvalue weighted by atomic mass is 9.91. The molecule has 0 atom stereocenters. The summed E-state index contributed by atoms with van der Waals surface area (Å²) in [5.74, 6) is -1.60. The Morgan fingerprint density at radius 3 is 1.81 bits per heavy atom. The Kier molecular flexibility index (Phi) is 5.94. The van der Waals surface area contributed by atoms with Crippen LogP contribution >= 0.6 is 7.60 Å². The zero-order valence-corrected chi connectivity index (χ0v) is 10.7. The normalized spacial score (nSPS) is 13.9. The predicted molar refractivity (Wildman–Crippen MR) is 61.1 cm³/mol. The second-order valence-electron chi connectivity index (χ2n) is 3.59. The van der Waals surface area contributed by atoms with Gasteiger partial charge in [0.2, 0.25) is 0 Å². The molecule has 0 aliphatic heterocycles. The molecular formula is C10H19O5P. The fourth-order valence-electron chi connectivity index (χ4n) is 1.88. The van der Waals surface area contributed by atoms with E-state index in [1.54, 1.807) is 6.92 Å². The van der Waals surface area contributed by atoms with Crippen LogP contribution in [0.5, 0.6) is 0 Å². The topological polar surface area (TPSA) is 94.8 Å². The molecule has 0 radical (unpaired) electrons. The van der Waals surface area contributed by atoms with E-state index >= 15 is 0 Å². The molecule has 5 nitrogen and oxygen atoms in total. The Morgan fingerprint density at radius 1 is 1.19 bits per heavy atom. The molecule has 94 valence electrons. The molecule has 0 saturated carbocycles. The molecule has 0 heterocycles. The van der Waals surface area contributed by atoms with Crippen LogP contribution in [0.4, 0.5) is 0 Å². The van der Waals surface area contributed by atoms with E-state index in [-0.39, 0.29) is 5.92 Å². The first-order chi connectivity index (χ1) is 7.29. The first kappa shape index (κ1) is 15.4. The molecule has 0 aromatic rings. The summed E-state index contributed by atoms with van der Waals surface area (Å²) >= 11 is 0. The van der Waals surface area contributed by atoms with Gasteiger partial charge in [0.25, 0.3) is 0 Å². The summed E-state index contributed by atoms with van der Waals surface area (Å²) in [5.41, 5.74) is 0.367. The molecule has 16 heavy (non-hydrogen) atoms. The number of hydrogen-bond acceptors (Lipinski definition) is 2. The van der Waals surface area contributed by atoms with Gasteiger partial charge in [-0.2, -0.15) is 0 Å². The number of carboxylic acids is 1. The van der Waals surface area contributed by atoms with E-state index in [2.05, 4.69) is 0 Å². The van der Waals surface area contributed by atoms with Crippen LogP contribution in [0.1, 0.15) is 40.0 Å². The maximum absolute atomic E-state index is 11.2. The molecule has 0 fully saturated rings. The van der Waals surface area contributed by atoms with Crippen LogP contribution in [0.2, 0.25) is 0 Å². The average molecular weight is 250 g/mol. The van der Waals surface area contributed by atoms with Crippen molar-refractivity contribution in [2.45, 2.75) is 40.0 Å². The second kappa shape index (κ2) is 6.18. The van der Waals surface area contributed by atoms with Crippen molar-refractivity contribution >= 4 is 13.6 Å². The molecular weight excluding hydrogens is 231 g/mol. The van der Waals surface area contributed by atoms with E-state index in [4.69, 9.17) is 14.9 Å². The van der Waals surface area contributed by atoms with Crippen LogP contribution in [0, 0.1) is 5.92 Å². The van der Waals surface area contributed by atoms with E-state index in [9.17, 15) is 9.36 Å².